The van der Waals surface area contributed by atoms with Gasteiger partial charge in [0.25, 0.3) is 0 Å². The van der Waals surface area contributed by atoms with Crippen LogP contribution in [0.1, 0.15) is 12.8 Å². The lowest BCUT2D eigenvalue weighted by Crippen LogP contribution is -2.54. The molecule has 2 amide bonds. The summed E-state index contributed by atoms with van der Waals surface area (Å²) in [6.07, 6.45) is 2.87. The zero-order valence-electron chi connectivity index (χ0n) is 12.6. The lowest BCUT2D eigenvalue weighted by molar-refractivity contribution is -0.134. The van der Waals surface area contributed by atoms with E-state index < -0.39 is 0 Å². The summed E-state index contributed by atoms with van der Waals surface area (Å²) in [5.41, 5.74) is 1.91. The molecule has 0 spiro atoms. The summed E-state index contributed by atoms with van der Waals surface area (Å²) >= 11 is 0. The maximum Gasteiger partial charge on any atom is 0.249 e. The fourth-order valence-corrected chi connectivity index (χ4v) is 3.23. The van der Waals surface area contributed by atoms with Gasteiger partial charge in [0.2, 0.25) is 17.7 Å². The fraction of sp³-hybridized carbons (Fsp3) is 0.294. The van der Waals surface area contributed by atoms with E-state index in [0.717, 1.165) is 17.3 Å². The molecule has 6 nitrogen and oxygen atoms in total. The van der Waals surface area contributed by atoms with Crippen molar-refractivity contribution in [2.24, 2.45) is 0 Å². The van der Waals surface area contributed by atoms with Crippen LogP contribution < -0.4 is 15.0 Å². The van der Waals surface area contributed by atoms with Crippen LogP contribution in [0.4, 0.5) is 5.69 Å². The third kappa shape index (κ3) is 2.36. The standard InChI is InChI=1S/C17H17N3O3/c21-15-7-6-13(16(22)18-15)20-10-11-23-17-14(20)8-9-19(17)12-4-2-1-3-5-12/h1-5,8-9,13H,6-7,10-11H2,(H,18,21,22). The van der Waals surface area contributed by atoms with Gasteiger partial charge in [0.15, 0.2) is 0 Å². The molecule has 1 fully saturated rings. The summed E-state index contributed by atoms with van der Waals surface area (Å²) in [4.78, 5) is 25.6. The van der Waals surface area contributed by atoms with E-state index in [-0.39, 0.29) is 17.9 Å². The van der Waals surface area contributed by atoms with Crippen molar-refractivity contribution in [2.45, 2.75) is 18.9 Å². The van der Waals surface area contributed by atoms with Gasteiger partial charge in [0, 0.05) is 18.3 Å². The highest BCUT2D eigenvalue weighted by molar-refractivity contribution is 6.01. The Kier molecular flexibility index (Phi) is 3.29. The van der Waals surface area contributed by atoms with Crippen molar-refractivity contribution >= 4 is 17.5 Å². The van der Waals surface area contributed by atoms with Gasteiger partial charge >= 0.3 is 0 Å². The van der Waals surface area contributed by atoms with Gasteiger partial charge < -0.3 is 9.64 Å². The number of rotatable bonds is 2. The molecule has 2 aromatic rings. The topological polar surface area (TPSA) is 63.6 Å². The van der Waals surface area contributed by atoms with Gasteiger partial charge in [-0.1, -0.05) is 18.2 Å². The van der Waals surface area contributed by atoms with Crippen LogP contribution in [0.3, 0.4) is 0 Å². The van der Waals surface area contributed by atoms with E-state index in [4.69, 9.17) is 4.74 Å². The Labute approximate surface area is 133 Å². The number of benzene rings is 1. The number of fused-ring (bicyclic) bond motifs is 1. The van der Waals surface area contributed by atoms with Crippen LogP contribution in [0.5, 0.6) is 5.88 Å². The minimum atomic E-state index is -0.318. The minimum absolute atomic E-state index is 0.193. The summed E-state index contributed by atoms with van der Waals surface area (Å²) in [5, 5.41) is 2.43. The predicted molar refractivity (Wildman–Crippen MR) is 84.8 cm³/mol. The van der Waals surface area contributed by atoms with E-state index >= 15 is 0 Å². The number of ether oxygens (including phenoxy) is 1. The summed E-state index contributed by atoms with van der Waals surface area (Å²) in [7, 11) is 0. The van der Waals surface area contributed by atoms with Crippen molar-refractivity contribution in [3.05, 3.63) is 42.6 Å². The number of hydrogen-bond acceptors (Lipinski definition) is 4. The van der Waals surface area contributed by atoms with Crippen LogP contribution in [-0.4, -0.2) is 35.6 Å². The Morgan fingerprint density at radius 1 is 1.13 bits per heavy atom. The third-order valence-corrected chi connectivity index (χ3v) is 4.32. The predicted octanol–water partition coefficient (Wildman–Crippen LogP) is 1.48. The van der Waals surface area contributed by atoms with Gasteiger partial charge in [0.05, 0.1) is 6.54 Å². The molecule has 118 valence electrons. The first kappa shape index (κ1) is 13.9. The first-order valence-electron chi connectivity index (χ1n) is 7.74. The van der Waals surface area contributed by atoms with E-state index in [0.29, 0.717) is 26.0 Å². The Morgan fingerprint density at radius 3 is 2.74 bits per heavy atom. The number of carbonyl (C=O) groups excluding carboxylic acids is 2. The van der Waals surface area contributed by atoms with Crippen molar-refractivity contribution < 1.29 is 14.3 Å². The Balaban J connectivity index is 1.69. The van der Waals surface area contributed by atoms with Gasteiger partial charge in [-0.2, -0.15) is 0 Å². The fourth-order valence-electron chi connectivity index (χ4n) is 3.23. The van der Waals surface area contributed by atoms with Crippen LogP contribution in [0.15, 0.2) is 42.6 Å². The zero-order chi connectivity index (χ0) is 15.8. The minimum Gasteiger partial charge on any atom is -0.475 e. The SMILES string of the molecule is O=C1CCC(N2CCOc3c2ccn3-c2ccccc2)C(=O)N1. The number of amides is 2. The van der Waals surface area contributed by atoms with Crippen LogP contribution >= 0.6 is 0 Å². The lowest BCUT2D eigenvalue weighted by atomic mass is 10.0. The van der Waals surface area contributed by atoms with Crippen LogP contribution in [0.2, 0.25) is 0 Å². The molecule has 4 rings (SSSR count). The second-order valence-electron chi connectivity index (χ2n) is 5.72. The molecule has 1 aromatic heterocycles. The first-order valence-corrected chi connectivity index (χ1v) is 7.74. The molecule has 1 aromatic carbocycles. The van der Waals surface area contributed by atoms with Gasteiger partial charge in [-0.3, -0.25) is 19.5 Å². The second kappa shape index (κ2) is 5.46. The Bertz CT molecular complexity index is 754. The summed E-state index contributed by atoms with van der Waals surface area (Å²) in [6, 6.07) is 11.6. The molecule has 0 saturated carbocycles. The molecule has 6 heteroatoms. The molecule has 1 N–H and O–H groups in total. The summed E-state index contributed by atoms with van der Waals surface area (Å²) < 4.78 is 7.83. The van der Waals surface area contributed by atoms with Crippen molar-refractivity contribution in [3.63, 3.8) is 0 Å². The molecule has 1 saturated heterocycles. The number of hydrogen-bond donors (Lipinski definition) is 1. The molecule has 0 bridgehead atoms. The largest absolute Gasteiger partial charge is 0.475 e. The molecule has 0 radical (unpaired) electrons. The van der Waals surface area contributed by atoms with Crippen molar-refractivity contribution in [2.75, 3.05) is 18.1 Å². The number of anilines is 1. The third-order valence-electron chi connectivity index (χ3n) is 4.32. The number of piperidine rings is 1. The highest BCUT2D eigenvalue weighted by Gasteiger charge is 2.35. The van der Waals surface area contributed by atoms with E-state index in [1.54, 1.807) is 0 Å². The van der Waals surface area contributed by atoms with Crippen LogP contribution in [0.25, 0.3) is 5.69 Å². The Hall–Kier alpha value is -2.76. The molecular weight excluding hydrogens is 294 g/mol. The average Bonchev–Trinajstić information content (AvgIpc) is 3.00. The number of nitrogens with one attached hydrogen (secondary N) is 1. The van der Waals surface area contributed by atoms with E-state index in [1.165, 1.54) is 0 Å². The van der Waals surface area contributed by atoms with E-state index in [2.05, 4.69) is 5.32 Å². The molecule has 2 aliphatic rings. The van der Waals surface area contributed by atoms with E-state index in [9.17, 15) is 9.59 Å². The smallest absolute Gasteiger partial charge is 0.249 e. The molecule has 2 aliphatic heterocycles. The van der Waals surface area contributed by atoms with Gasteiger partial charge in [-0.05, 0) is 24.6 Å². The number of para-hydroxylation sites is 1. The number of aromatic nitrogens is 1. The average molecular weight is 311 g/mol. The molecular formula is C17H17N3O3. The van der Waals surface area contributed by atoms with E-state index in [1.807, 2.05) is 52.1 Å². The van der Waals surface area contributed by atoms with Crippen molar-refractivity contribution in [3.8, 4) is 11.6 Å². The zero-order valence-corrected chi connectivity index (χ0v) is 12.6. The summed E-state index contributed by atoms with van der Waals surface area (Å²) in [6.45, 7) is 1.15. The Morgan fingerprint density at radius 2 is 1.96 bits per heavy atom. The highest BCUT2D eigenvalue weighted by Crippen LogP contribution is 2.37. The highest BCUT2D eigenvalue weighted by atomic mass is 16.5. The summed E-state index contributed by atoms with van der Waals surface area (Å²) in [5.74, 6) is 0.329. The second-order valence-corrected chi connectivity index (χ2v) is 5.72. The number of carbonyl (C=O) groups is 2. The van der Waals surface area contributed by atoms with Gasteiger partial charge in [0.1, 0.15) is 18.3 Å². The van der Waals surface area contributed by atoms with Crippen LogP contribution in [-0.2, 0) is 9.59 Å². The van der Waals surface area contributed by atoms with Crippen molar-refractivity contribution in [1.82, 2.24) is 9.88 Å². The maximum atomic E-state index is 12.2. The molecule has 1 atom stereocenters. The van der Waals surface area contributed by atoms with Gasteiger partial charge in [-0.15, -0.1) is 0 Å². The molecule has 23 heavy (non-hydrogen) atoms. The number of nitrogens with zero attached hydrogens (tertiary/aromatic N) is 2. The normalized spacial score (nSPS) is 20.7. The molecule has 1 unspecified atom stereocenters. The number of imide groups is 1. The monoisotopic (exact) mass is 311 g/mol. The van der Waals surface area contributed by atoms with Crippen molar-refractivity contribution in [1.29, 1.82) is 0 Å². The van der Waals surface area contributed by atoms with Gasteiger partial charge in [-0.25, -0.2) is 0 Å². The molecule has 3 heterocycles. The molecule has 0 aliphatic carbocycles. The first-order chi connectivity index (χ1) is 11.2. The quantitative estimate of drug-likeness (QED) is 0.853. The maximum absolute atomic E-state index is 12.2. The van der Waals surface area contributed by atoms with Crippen LogP contribution in [0, 0.1) is 0 Å². The lowest BCUT2D eigenvalue weighted by Gasteiger charge is -2.37.